The van der Waals surface area contributed by atoms with Gasteiger partial charge in [-0.2, -0.15) is 0 Å². The number of nitro benzene ring substituents is 1. The first-order chi connectivity index (χ1) is 10.7. The monoisotopic (exact) mass is 300 g/mol. The smallest absolute Gasteiger partial charge is 0.310 e. The van der Waals surface area contributed by atoms with Gasteiger partial charge in [-0.3, -0.25) is 10.1 Å². The first-order valence-electron chi connectivity index (χ1n) is 7.40. The lowest BCUT2D eigenvalue weighted by Gasteiger charge is -2.12. The van der Waals surface area contributed by atoms with E-state index >= 15 is 0 Å². The Hall–Kier alpha value is -2.56. The molecule has 2 rings (SSSR count). The fourth-order valence-corrected chi connectivity index (χ4v) is 2.10. The Morgan fingerprint density at radius 2 is 1.86 bits per heavy atom. The van der Waals surface area contributed by atoms with Gasteiger partial charge in [-0.1, -0.05) is 43.7 Å². The second kappa shape index (κ2) is 8.02. The summed E-state index contributed by atoms with van der Waals surface area (Å²) >= 11 is 0. The van der Waals surface area contributed by atoms with Crippen molar-refractivity contribution >= 4 is 11.4 Å². The summed E-state index contributed by atoms with van der Waals surface area (Å²) in [6, 6.07) is 14.3. The van der Waals surface area contributed by atoms with Crippen LogP contribution in [0.3, 0.4) is 0 Å². The molecule has 116 valence electrons. The van der Waals surface area contributed by atoms with E-state index in [9.17, 15) is 10.1 Å². The fraction of sp³-hybridized carbons (Fsp3) is 0.294. The highest BCUT2D eigenvalue weighted by Crippen LogP contribution is 2.27. The molecule has 0 atom stereocenters. The minimum absolute atomic E-state index is 0.0149. The van der Waals surface area contributed by atoms with E-state index < -0.39 is 4.92 Å². The Bertz CT molecular complexity index is 629. The minimum Gasteiger partial charge on any atom is -0.482 e. The van der Waals surface area contributed by atoms with E-state index in [0.717, 1.165) is 30.6 Å². The average Bonchev–Trinajstić information content (AvgIpc) is 2.54. The van der Waals surface area contributed by atoms with Crippen molar-refractivity contribution in [2.75, 3.05) is 11.9 Å². The fourth-order valence-electron chi connectivity index (χ4n) is 2.10. The topological polar surface area (TPSA) is 64.4 Å². The van der Waals surface area contributed by atoms with E-state index in [-0.39, 0.29) is 11.4 Å². The van der Waals surface area contributed by atoms with E-state index in [1.807, 2.05) is 24.3 Å². The molecular formula is C17H20N2O3. The van der Waals surface area contributed by atoms with Crippen LogP contribution in [0.15, 0.2) is 48.5 Å². The molecule has 5 nitrogen and oxygen atoms in total. The molecule has 0 amide bonds. The number of hydrogen-bond donors (Lipinski definition) is 1. The number of rotatable bonds is 8. The van der Waals surface area contributed by atoms with Crippen LogP contribution in [0.4, 0.5) is 11.4 Å². The van der Waals surface area contributed by atoms with Crippen molar-refractivity contribution in [3.63, 3.8) is 0 Å². The number of nitrogens with zero attached hydrogens (tertiary/aromatic N) is 1. The molecule has 2 aromatic rings. The van der Waals surface area contributed by atoms with Gasteiger partial charge in [0.1, 0.15) is 6.61 Å². The summed E-state index contributed by atoms with van der Waals surface area (Å²) in [5, 5.41) is 14.4. The van der Waals surface area contributed by atoms with Crippen molar-refractivity contribution in [3.8, 4) is 5.75 Å². The van der Waals surface area contributed by atoms with Crippen LogP contribution in [0.5, 0.6) is 5.75 Å². The van der Waals surface area contributed by atoms with Gasteiger partial charge in [-0.25, -0.2) is 0 Å². The van der Waals surface area contributed by atoms with Crippen molar-refractivity contribution in [2.45, 2.75) is 26.4 Å². The second-order valence-electron chi connectivity index (χ2n) is 4.95. The Balaban J connectivity index is 2.07. The van der Waals surface area contributed by atoms with Crippen LogP contribution in [0.1, 0.15) is 25.3 Å². The largest absolute Gasteiger partial charge is 0.482 e. The summed E-state index contributed by atoms with van der Waals surface area (Å²) < 4.78 is 5.65. The molecule has 0 unspecified atom stereocenters. The number of nitrogens with one attached hydrogen (secondary N) is 1. The molecular weight excluding hydrogens is 280 g/mol. The highest BCUT2D eigenvalue weighted by molar-refractivity contribution is 5.51. The Morgan fingerprint density at radius 1 is 1.14 bits per heavy atom. The summed E-state index contributed by atoms with van der Waals surface area (Å²) in [6.45, 7) is 3.34. The highest BCUT2D eigenvalue weighted by Gasteiger charge is 2.14. The first kappa shape index (κ1) is 15.8. The van der Waals surface area contributed by atoms with Crippen LogP contribution in [-0.4, -0.2) is 11.5 Å². The lowest BCUT2D eigenvalue weighted by atomic mass is 10.2. The van der Waals surface area contributed by atoms with Gasteiger partial charge in [0.2, 0.25) is 0 Å². The maximum Gasteiger partial charge on any atom is 0.310 e. The molecule has 0 radical (unpaired) electrons. The third-order valence-electron chi connectivity index (χ3n) is 3.31. The van der Waals surface area contributed by atoms with E-state index in [2.05, 4.69) is 12.2 Å². The van der Waals surface area contributed by atoms with Crippen LogP contribution in [0.2, 0.25) is 0 Å². The maximum atomic E-state index is 11.0. The van der Waals surface area contributed by atoms with Gasteiger partial charge in [0.15, 0.2) is 5.75 Å². The third kappa shape index (κ3) is 4.22. The Morgan fingerprint density at radius 3 is 2.64 bits per heavy atom. The number of ether oxygens (including phenoxy) is 1. The van der Waals surface area contributed by atoms with E-state index in [0.29, 0.717) is 6.61 Å². The van der Waals surface area contributed by atoms with Gasteiger partial charge >= 0.3 is 5.69 Å². The van der Waals surface area contributed by atoms with E-state index in [1.54, 1.807) is 18.2 Å². The molecule has 0 aliphatic carbocycles. The van der Waals surface area contributed by atoms with E-state index in [1.165, 1.54) is 6.07 Å². The molecule has 0 saturated heterocycles. The first-order valence-corrected chi connectivity index (χ1v) is 7.40. The number of unbranched alkanes of at least 4 members (excludes halogenated alkanes) is 1. The van der Waals surface area contributed by atoms with Gasteiger partial charge in [0.25, 0.3) is 0 Å². The van der Waals surface area contributed by atoms with Gasteiger partial charge in [0, 0.05) is 23.9 Å². The predicted octanol–water partition coefficient (Wildman–Crippen LogP) is 4.39. The summed E-state index contributed by atoms with van der Waals surface area (Å²) in [4.78, 5) is 10.6. The summed E-state index contributed by atoms with van der Waals surface area (Å²) in [5.41, 5.74) is 1.98. The molecule has 0 spiro atoms. The van der Waals surface area contributed by atoms with Crippen molar-refractivity contribution in [1.82, 2.24) is 0 Å². The normalized spacial score (nSPS) is 10.2. The van der Waals surface area contributed by atoms with Crippen molar-refractivity contribution in [1.29, 1.82) is 0 Å². The number of hydrogen-bond acceptors (Lipinski definition) is 4. The van der Waals surface area contributed by atoms with Gasteiger partial charge < -0.3 is 10.1 Å². The van der Waals surface area contributed by atoms with Gasteiger partial charge in [-0.05, 0) is 18.6 Å². The van der Waals surface area contributed by atoms with Crippen LogP contribution < -0.4 is 10.1 Å². The summed E-state index contributed by atoms with van der Waals surface area (Å²) in [5.74, 6) is 0.288. The third-order valence-corrected chi connectivity index (χ3v) is 3.31. The number of para-hydroxylation sites is 3. The molecule has 0 aliphatic heterocycles. The van der Waals surface area contributed by atoms with Crippen molar-refractivity contribution < 1.29 is 9.66 Å². The molecule has 5 heteroatoms. The molecule has 0 bridgehead atoms. The Labute approximate surface area is 130 Å². The number of nitro groups is 1. The number of anilines is 1. The standard InChI is InChI=1S/C17H20N2O3/c1-2-3-12-18-15-9-5-4-8-14(15)13-22-17-11-7-6-10-16(17)19(20)21/h4-11,18H,2-3,12-13H2,1H3. The number of benzene rings is 2. The average molecular weight is 300 g/mol. The molecule has 1 N–H and O–H groups in total. The molecule has 0 aromatic heterocycles. The van der Waals surface area contributed by atoms with Crippen LogP contribution in [-0.2, 0) is 6.61 Å². The molecule has 2 aromatic carbocycles. The van der Waals surface area contributed by atoms with Crippen LogP contribution in [0, 0.1) is 10.1 Å². The molecule has 0 aliphatic rings. The molecule has 22 heavy (non-hydrogen) atoms. The zero-order valence-corrected chi connectivity index (χ0v) is 12.6. The van der Waals surface area contributed by atoms with Gasteiger partial charge in [-0.15, -0.1) is 0 Å². The predicted molar refractivity (Wildman–Crippen MR) is 87.3 cm³/mol. The van der Waals surface area contributed by atoms with Crippen LogP contribution >= 0.6 is 0 Å². The quantitative estimate of drug-likeness (QED) is 0.446. The minimum atomic E-state index is -0.430. The van der Waals surface area contributed by atoms with Gasteiger partial charge in [0.05, 0.1) is 4.92 Å². The van der Waals surface area contributed by atoms with E-state index in [4.69, 9.17) is 4.74 Å². The zero-order chi connectivity index (χ0) is 15.8. The lowest BCUT2D eigenvalue weighted by molar-refractivity contribution is -0.385. The second-order valence-corrected chi connectivity index (χ2v) is 4.95. The molecule has 0 saturated carbocycles. The molecule has 0 fully saturated rings. The highest BCUT2D eigenvalue weighted by atomic mass is 16.6. The van der Waals surface area contributed by atoms with Crippen molar-refractivity contribution in [3.05, 3.63) is 64.2 Å². The lowest BCUT2D eigenvalue weighted by Crippen LogP contribution is -2.06. The van der Waals surface area contributed by atoms with Crippen molar-refractivity contribution in [2.24, 2.45) is 0 Å². The summed E-state index contributed by atoms with van der Waals surface area (Å²) in [6.07, 6.45) is 2.22. The zero-order valence-electron chi connectivity index (χ0n) is 12.6. The van der Waals surface area contributed by atoms with Crippen LogP contribution in [0.25, 0.3) is 0 Å². The molecule has 0 heterocycles. The Kier molecular flexibility index (Phi) is 5.77. The SMILES string of the molecule is CCCCNc1ccccc1COc1ccccc1[N+](=O)[O-]. The maximum absolute atomic E-state index is 11.0. The summed E-state index contributed by atoms with van der Waals surface area (Å²) in [7, 11) is 0.